The van der Waals surface area contributed by atoms with Crippen molar-refractivity contribution in [2.45, 2.75) is 26.2 Å². The molecule has 0 heterocycles. The number of aliphatic hydroxyl groups is 1. The number of carbonyl (C=O) groups excluding carboxylic acids is 2. The Hall–Kier alpha value is -0.900. The summed E-state index contributed by atoms with van der Waals surface area (Å²) in [6.07, 6.45) is 1.10. The molecule has 0 aromatic rings. The van der Waals surface area contributed by atoms with Crippen molar-refractivity contribution in [2.75, 3.05) is 13.2 Å². The molecule has 0 bridgehead atoms. The minimum absolute atomic E-state index is 0.00431. The van der Waals surface area contributed by atoms with Crippen LogP contribution in [0.4, 0.5) is 0 Å². The summed E-state index contributed by atoms with van der Waals surface area (Å²) in [5.74, 6) is -0.325. The molecule has 0 radical (unpaired) electrons. The quantitative estimate of drug-likeness (QED) is 0.464. The normalized spacial score (nSPS) is 9.50. The lowest BCUT2D eigenvalue weighted by Gasteiger charge is -2.00. The highest BCUT2D eigenvalue weighted by Crippen LogP contribution is 1.95. The van der Waals surface area contributed by atoms with Crippen LogP contribution in [-0.4, -0.2) is 30.1 Å². The molecule has 12 heavy (non-hydrogen) atoms. The first kappa shape index (κ1) is 11.1. The summed E-state index contributed by atoms with van der Waals surface area (Å²) >= 11 is 0. The molecule has 0 aliphatic rings. The molecule has 0 saturated heterocycles. The fraction of sp³-hybridized carbons (Fsp3) is 0.750. The van der Waals surface area contributed by atoms with Gasteiger partial charge in [-0.2, -0.15) is 0 Å². The van der Waals surface area contributed by atoms with E-state index in [-0.39, 0.29) is 31.4 Å². The van der Waals surface area contributed by atoms with Gasteiger partial charge in [-0.1, -0.05) is 0 Å². The lowest BCUT2D eigenvalue weighted by atomic mass is 10.2. The number of Topliss-reactive ketones (excluding diaryl/α,β-unsaturated/α-hetero) is 1. The van der Waals surface area contributed by atoms with Gasteiger partial charge in [-0.3, -0.25) is 9.59 Å². The highest BCUT2D eigenvalue weighted by Gasteiger charge is 2.00. The minimum Gasteiger partial charge on any atom is -0.466 e. The molecule has 4 heteroatoms. The van der Waals surface area contributed by atoms with Crippen molar-refractivity contribution in [1.82, 2.24) is 0 Å². The average molecular weight is 174 g/mol. The van der Waals surface area contributed by atoms with Crippen molar-refractivity contribution in [1.29, 1.82) is 0 Å². The molecule has 0 spiro atoms. The van der Waals surface area contributed by atoms with E-state index >= 15 is 0 Å². The van der Waals surface area contributed by atoms with Gasteiger partial charge in [-0.25, -0.2) is 0 Å². The monoisotopic (exact) mass is 174 g/mol. The summed E-state index contributed by atoms with van der Waals surface area (Å²) in [6.45, 7) is 1.51. The van der Waals surface area contributed by atoms with Crippen LogP contribution in [0.15, 0.2) is 0 Å². The molecule has 0 atom stereocenters. The first-order valence-corrected chi connectivity index (χ1v) is 3.92. The highest BCUT2D eigenvalue weighted by molar-refractivity contribution is 5.78. The summed E-state index contributed by atoms with van der Waals surface area (Å²) in [4.78, 5) is 21.1. The van der Waals surface area contributed by atoms with Gasteiger partial charge in [0.2, 0.25) is 0 Å². The van der Waals surface area contributed by atoms with E-state index in [1.54, 1.807) is 0 Å². The number of hydrogen-bond donors (Lipinski definition) is 1. The maximum absolute atomic E-state index is 10.8. The number of esters is 1. The third-order valence-electron chi connectivity index (χ3n) is 1.30. The fourth-order valence-corrected chi connectivity index (χ4v) is 0.735. The molecule has 0 unspecified atom stereocenters. The molecule has 0 rings (SSSR count). The largest absolute Gasteiger partial charge is 0.466 e. The van der Waals surface area contributed by atoms with Crippen LogP contribution in [0.5, 0.6) is 0 Å². The summed E-state index contributed by atoms with van der Waals surface area (Å²) in [5.41, 5.74) is 0. The van der Waals surface area contributed by atoms with Gasteiger partial charge >= 0.3 is 5.97 Å². The minimum atomic E-state index is -0.329. The third kappa shape index (κ3) is 7.21. The molecule has 0 saturated carbocycles. The predicted octanol–water partition coefficient (Wildman–Crippen LogP) is 0.281. The number of hydrogen-bond acceptors (Lipinski definition) is 4. The van der Waals surface area contributed by atoms with Crippen molar-refractivity contribution >= 4 is 11.8 Å². The predicted molar refractivity (Wildman–Crippen MR) is 42.6 cm³/mol. The Bertz CT molecular complexity index is 153. The van der Waals surface area contributed by atoms with Crippen LogP contribution in [0.2, 0.25) is 0 Å². The van der Waals surface area contributed by atoms with Gasteiger partial charge in [-0.15, -0.1) is 0 Å². The lowest BCUT2D eigenvalue weighted by molar-refractivity contribution is -0.141. The van der Waals surface area contributed by atoms with Gasteiger partial charge in [-0.05, 0) is 6.42 Å². The maximum atomic E-state index is 10.8. The second-order valence-corrected chi connectivity index (χ2v) is 2.46. The topological polar surface area (TPSA) is 63.6 Å². The van der Waals surface area contributed by atoms with Crippen molar-refractivity contribution < 1.29 is 19.4 Å². The smallest absolute Gasteiger partial charge is 0.302 e. The third-order valence-corrected chi connectivity index (χ3v) is 1.30. The molecule has 0 aliphatic heterocycles. The first-order chi connectivity index (χ1) is 5.66. The van der Waals surface area contributed by atoms with E-state index in [4.69, 9.17) is 5.11 Å². The van der Waals surface area contributed by atoms with Gasteiger partial charge < -0.3 is 9.84 Å². The van der Waals surface area contributed by atoms with Crippen LogP contribution in [-0.2, 0) is 14.3 Å². The molecule has 0 aromatic carbocycles. The van der Waals surface area contributed by atoms with E-state index in [0.717, 1.165) is 0 Å². The summed E-state index contributed by atoms with van der Waals surface area (Å²) in [7, 11) is 0. The van der Waals surface area contributed by atoms with Crippen molar-refractivity contribution in [3.05, 3.63) is 0 Å². The Morgan fingerprint density at radius 1 is 1.33 bits per heavy atom. The molecule has 0 amide bonds. The molecule has 0 fully saturated rings. The van der Waals surface area contributed by atoms with Crippen LogP contribution >= 0.6 is 0 Å². The Morgan fingerprint density at radius 2 is 2.00 bits per heavy atom. The molecule has 0 aliphatic carbocycles. The SMILES string of the molecule is CC(=O)OCCCC(=O)CCO. The first-order valence-electron chi connectivity index (χ1n) is 3.92. The lowest BCUT2D eigenvalue weighted by Crippen LogP contribution is -2.05. The molecule has 1 N–H and O–H groups in total. The van der Waals surface area contributed by atoms with Crippen LogP contribution in [0, 0.1) is 0 Å². The Balaban J connectivity index is 3.19. The molecular weight excluding hydrogens is 160 g/mol. The maximum Gasteiger partial charge on any atom is 0.302 e. The Kier molecular flexibility index (Phi) is 6.28. The van der Waals surface area contributed by atoms with Gasteiger partial charge in [0, 0.05) is 26.4 Å². The highest BCUT2D eigenvalue weighted by atomic mass is 16.5. The molecule has 0 aromatic heterocycles. The number of carbonyl (C=O) groups is 2. The zero-order valence-corrected chi connectivity index (χ0v) is 7.21. The number of ketones is 1. The Labute approximate surface area is 71.5 Å². The summed E-state index contributed by atoms with van der Waals surface area (Å²) in [6, 6.07) is 0. The number of ether oxygens (including phenoxy) is 1. The second kappa shape index (κ2) is 6.79. The summed E-state index contributed by atoms with van der Waals surface area (Å²) < 4.78 is 4.62. The van der Waals surface area contributed by atoms with Crippen molar-refractivity contribution in [3.8, 4) is 0 Å². The van der Waals surface area contributed by atoms with Gasteiger partial charge in [0.25, 0.3) is 0 Å². The van der Waals surface area contributed by atoms with Gasteiger partial charge in [0.1, 0.15) is 5.78 Å². The average Bonchev–Trinajstić information content (AvgIpc) is 1.98. The van der Waals surface area contributed by atoms with Crippen molar-refractivity contribution in [2.24, 2.45) is 0 Å². The van der Waals surface area contributed by atoms with Crippen LogP contribution in [0.1, 0.15) is 26.2 Å². The van der Waals surface area contributed by atoms with Crippen LogP contribution in [0.3, 0.4) is 0 Å². The van der Waals surface area contributed by atoms with E-state index in [2.05, 4.69) is 4.74 Å². The van der Waals surface area contributed by atoms with Crippen molar-refractivity contribution in [3.63, 3.8) is 0 Å². The Morgan fingerprint density at radius 3 is 2.50 bits per heavy atom. The zero-order chi connectivity index (χ0) is 9.40. The summed E-state index contributed by atoms with van der Waals surface area (Å²) in [5, 5.41) is 8.38. The molecular formula is C8H14O4. The van der Waals surface area contributed by atoms with E-state index in [9.17, 15) is 9.59 Å². The standard InChI is InChI=1S/C8H14O4/c1-7(10)12-6-2-3-8(11)4-5-9/h9H,2-6H2,1H3. The zero-order valence-electron chi connectivity index (χ0n) is 7.21. The molecule has 4 nitrogen and oxygen atoms in total. The van der Waals surface area contributed by atoms with Crippen LogP contribution in [0.25, 0.3) is 0 Å². The fourth-order valence-electron chi connectivity index (χ4n) is 0.735. The molecule has 70 valence electrons. The van der Waals surface area contributed by atoms with Crippen LogP contribution < -0.4 is 0 Å². The van der Waals surface area contributed by atoms with E-state index in [1.165, 1.54) is 6.92 Å². The number of aliphatic hydroxyl groups excluding tert-OH is 1. The van der Waals surface area contributed by atoms with E-state index < -0.39 is 0 Å². The van der Waals surface area contributed by atoms with Gasteiger partial charge in [0.05, 0.1) is 6.61 Å². The van der Waals surface area contributed by atoms with E-state index in [0.29, 0.717) is 12.8 Å². The second-order valence-electron chi connectivity index (χ2n) is 2.46. The number of rotatable bonds is 6. The van der Waals surface area contributed by atoms with Gasteiger partial charge in [0.15, 0.2) is 0 Å². The van der Waals surface area contributed by atoms with E-state index in [1.807, 2.05) is 0 Å².